The molecule has 0 atom stereocenters. The Labute approximate surface area is 191 Å². The summed E-state index contributed by atoms with van der Waals surface area (Å²) in [5, 5.41) is 7.81. The zero-order valence-corrected chi connectivity index (χ0v) is 18.6. The first-order chi connectivity index (χ1) is 15.6. The van der Waals surface area contributed by atoms with E-state index in [0.29, 0.717) is 35.3 Å². The molecule has 4 heterocycles. The number of amides is 3. The number of hydrogen-bond donors (Lipinski definition) is 1. The number of likely N-dealkylation sites (tertiary alicyclic amines) is 2. The van der Waals surface area contributed by atoms with E-state index in [1.54, 1.807) is 22.8 Å². The second-order valence-corrected chi connectivity index (χ2v) is 8.93. The van der Waals surface area contributed by atoms with Crippen molar-refractivity contribution < 1.29 is 9.59 Å². The molecule has 2 aliphatic heterocycles. The van der Waals surface area contributed by atoms with Gasteiger partial charge in [-0.05, 0) is 61.4 Å². The Morgan fingerprint density at radius 2 is 1.75 bits per heavy atom. The van der Waals surface area contributed by atoms with Crippen molar-refractivity contribution in [3.8, 4) is 0 Å². The molecule has 0 radical (unpaired) electrons. The van der Waals surface area contributed by atoms with Crippen molar-refractivity contribution in [2.24, 2.45) is 0 Å². The van der Waals surface area contributed by atoms with Gasteiger partial charge in [0.05, 0.1) is 28.0 Å². The van der Waals surface area contributed by atoms with Crippen LogP contribution in [-0.4, -0.2) is 57.5 Å². The van der Waals surface area contributed by atoms with Crippen molar-refractivity contribution in [1.29, 1.82) is 0 Å². The number of nitrogens with one attached hydrogen (secondary N) is 1. The molecule has 3 aromatic rings. The number of pyridine rings is 1. The zero-order chi connectivity index (χ0) is 22.1. The standard InChI is InChI=1S/C24H26ClN5O2/c25-20-5-1-2-6-21(20)27-24(32)29-12-7-17(8-13-29)18-9-14-30-22(15-18)19(16-26-30)23(31)28-10-3-4-11-28/h1-2,5-6,9,14-17H,3-4,7-8,10-13H2,(H,27,32). The average Bonchev–Trinajstić information content (AvgIpc) is 3.50. The van der Waals surface area contributed by atoms with Crippen molar-refractivity contribution in [1.82, 2.24) is 19.4 Å². The Bertz CT molecular complexity index is 1150. The lowest BCUT2D eigenvalue weighted by atomic mass is 9.89. The molecule has 0 saturated carbocycles. The van der Waals surface area contributed by atoms with Gasteiger partial charge in [-0.15, -0.1) is 0 Å². The molecule has 7 nitrogen and oxygen atoms in total. The van der Waals surface area contributed by atoms with Gasteiger partial charge >= 0.3 is 6.03 Å². The molecular weight excluding hydrogens is 426 g/mol. The number of piperidine rings is 1. The predicted molar refractivity (Wildman–Crippen MR) is 124 cm³/mol. The summed E-state index contributed by atoms with van der Waals surface area (Å²) < 4.78 is 1.78. The number of aromatic nitrogens is 2. The molecular formula is C24H26ClN5O2. The van der Waals surface area contributed by atoms with Crippen LogP contribution in [0.3, 0.4) is 0 Å². The van der Waals surface area contributed by atoms with Crippen LogP contribution in [0.5, 0.6) is 0 Å². The molecule has 2 aromatic heterocycles. The van der Waals surface area contributed by atoms with Gasteiger partial charge in [0.1, 0.15) is 0 Å². The van der Waals surface area contributed by atoms with Crippen molar-refractivity contribution in [2.45, 2.75) is 31.6 Å². The SMILES string of the molecule is O=C(Nc1ccccc1Cl)N1CCC(c2ccn3ncc(C(=O)N4CCCC4)c3c2)CC1. The smallest absolute Gasteiger partial charge is 0.321 e. The topological polar surface area (TPSA) is 70.0 Å². The highest BCUT2D eigenvalue weighted by Crippen LogP contribution is 2.30. The fourth-order valence-corrected chi connectivity index (χ4v) is 4.86. The third kappa shape index (κ3) is 4.05. The summed E-state index contributed by atoms with van der Waals surface area (Å²) in [5.74, 6) is 0.412. The summed E-state index contributed by atoms with van der Waals surface area (Å²) in [4.78, 5) is 29.3. The second-order valence-electron chi connectivity index (χ2n) is 8.52. The van der Waals surface area contributed by atoms with Crippen LogP contribution in [0.1, 0.15) is 47.5 Å². The Kier molecular flexibility index (Phi) is 5.74. The first kappa shape index (κ1) is 20.8. The summed E-state index contributed by atoms with van der Waals surface area (Å²) in [7, 11) is 0. The maximum absolute atomic E-state index is 12.9. The number of rotatable bonds is 3. The third-order valence-corrected chi connectivity index (χ3v) is 6.87. The fraction of sp³-hybridized carbons (Fsp3) is 0.375. The molecule has 0 aliphatic carbocycles. The maximum Gasteiger partial charge on any atom is 0.321 e. The predicted octanol–water partition coefficient (Wildman–Crippen LogP) is 4.64. The van der Waals surface area contributed by atoms with Crippen LogP contribution in [0.2, 0.25) is 5.02 Å². The number of nitrogens with zero attached hydrogens (tertiary/aromatic N) is 4. The summed E-state index contributed by atoms with van der Waals surface area (Å²) in [6.07, 6.45) is 7.49. The molecule has 0 unspecified atom stereocenters. The highest BCUT2D eigenvalue weighted by molar-refractivity contribution is 6.33. The van der Waals surface area contributed by atoms with Crippen molar-refractivity contribution in [3.63, 3.8) is 0 Å². The molecule has 166 valence electrons. The molecule has 2 saturated heterocycles. The van der Waals surface area contributed by atoms with Crippen LogP contribution in [0.4, 0.5) is 10.5 Å². The van der Waals surface area contributed by atoms with Crippen LogP contribution < -0.4 is 5.32 Å². The van der Waals surface area contributed by atoms with Crippen LogP contribution in [0.25, 0.3) is 5.52 Å². The van der Waals surface area contributed by atoms with Gasteiger partial charge in [-0.3, -0.25) is 4.79 Å². The van der Waals surface area contributed by atoms with Crippen LogP contribution in [0, 0.1) is 0 Å². The molecule has 1 aromatic carbocycles. The van der Waals surface area contributed by atoms with Gasteiger partial charge < -0.3 is 15.1 Å². The number of hydrogen-bond acceptors (Lipinski definition) is 3. The number of carbonyl (C=O) groups is 2. The maximum atomic E-state index is 12.9. The largest absolute Gasteiger partial charge is 0.339 e. The average molecular weight is 452 g/mol. The minimum Gasteiger partial charge on any atom is -0.339 e. The number of halogens is 1. The summed E-state index contributed by atoms with van der Waals surface area (Å²) in [5.41, 5.74) is 3.35. The normalized spacial score (nSPS) is 17.2. The molecule has 2 aliphatic rings. The Morgan fingerprint density at radius 1 is 1.00 bits per heavy atom. The molecule has 1 N–H and O–H groups in total. The third-order valence-electron chi connectivity index (χ3n) is 6.54. The van der Waals surface area contributed by atoms with Gasteiger partial charge in [0.25, 0.3) is 5.91 Å². The van der Waals surface area contributed by atoms with E-state index in [-0.39, 0.29) is 11.9 Å². The fourth-order valence-electron chi connectivity index (χ4n) is 4.68. The van der Waals surface area contributed by atoms with E-state index in [0.717, 1.165) is 44.3 Å². The van der Waals surface area contributed by atoms with Gasteiger partial charge in [-0.2, -0.15) is 5.10 Å². The van der Waals surface area contributed by atoms with Gasteiger partial charge in [-0.25, -0.2) is 9.31 Å². The van der Waals surface area contributed by atoms with Gasteiger partial charge in [0.2, 0.25) is 0 Å². The lowest BCUT2D eigenvalue weighted by Gasteiger charge is -2.32. The highest BCUT2D eigenvalue weighted by Gasteiger charge is 2.26. The number of para-hydroxylation sites is 1. The summed E-state index contributed by atoms with van der Waals surface area (Å²) in [6.45, 7) is 2.99. The van der Waals surface area contributed by atoms with Gasteiger partial charge in [-0.1, -0.05) is 23.7 Å². The zero-order valence-electron chi connectivity index (χ0n) is 17.8. The van der Waals surface area contributed by atoms with Crippen LogP contribution >= 0.6 is 11.6 Å². The van der Waals surface area contributed by atoms with E-state index in [2.05, 4.69) is 22.5 Å². The monoisotopic (exact) mass is 451 g/mol. The number of fused-ring (bicyclic) bond motifs is 1. The molecule has 5 rings (SSSR count). The van der Waals surface area contributed by atoms with E-state index >= 15 is 0 Å². The van der Waals surface area contributed by atoms with Crippen LogP contribution in [0.15, 0.2) is 48.8 Å². The molecule has 3 amide bonds. The number of anilines is 1. The number of carbonyl (C=O) groups excluding carboxylic acids is 2. The number of urea groups is 1. The Hall–Kier alpha value is -3.06. The molecule has 32 heavy (non-hydrogen) atoms. The Morgan fingerprint density at radius 3 is 2.50 bits per heavy atom. The van der Waals surface area contributed by atoms with Crippen LogP contribution in [-0.2, 0) is 0 Å². The lowest BCUT2D eigenvalue weighted by molar-refractivity contribution is 0.0794. The number of benzene rings is 1. The van der Waals surface area contributed by atoms with E-state index in [1.165, 1.54) is 5.56 Å². The molecule has 2 fully saturated rings. The van der Waals surface area contributed by atoms with Gasteiger partial charge in [0.15, 0.2) is 0 Å². The lowest BCUT2D eigenvalue weighted by Crippen LogP contribution is -2.40. The molecule has 8 heteroatoms. The minimum absolute atomic E-state index is 0.0701. The van der Waals surface area contributed by atoms with Gasteiger partial charge in [0, 0.05) is 32.4 Å². The second kappa shape index (κ2) is 8.82. The van der Waals surface area contributed by atoms with Crippen molar-refractivity contribution in [3.05, 3.63) is 64.9 Å². The first-order valence-corrected chi connectivity index (χ1v) is 11.5. The first-order valence-electron chi connectivity index (χ1n) is 11.2. The summed E-state index contributed by atoms with van der Waals surface area (Å²) >= 11 is 6.16. The quantitative estimate of drug-likeness (QED) is 0.630. The van der Waals surface area contributed by atoms with E-state index < -0.39 is 0 Å². The van der Waals surface area contributed by atoms with E-state index in [9.17, 15) is 9.59 Å². The Balaban J connectivity index is 1.26. The van der Waals surface area contributed by atoms with Crippen molar-refractivity contribution >= 4 is 34.7 Å². The summed E-state index contributed by atoms with van der Waals surface area (Å²) in [6, 6.07) is 11.3. The van der Waals surface area contributed by atoms with Crippen molar-refractivity contribution in [2.75, 3.05) is 31.5 Å². The minimum atomic E-state index is -0.124. The van der Waals surface area contributed by atoms with E-state index in [1.807, 2.05) is 28.1 Å². The van der Waals surface area contributed by atoms with E-state index in [4.69, 9.17) is 11.6 Å². The molecule has 0 bridgehead atoms. The highest BCUT2D eigenvalue weighted by atomic mass is 35.5. The molecule has 0 spiro atoms.